The third-order valence-corrected chi connectivity index (χ3v) is 3.42. The summed E-state index contributed by atoms with van der Waals surface area (Å²) in [6.45, 7) is 1.53. The number of allylic oxidation sites excluding steroid dienone is 1. The minimum Gasteiger partial charge on any atom is -0.352 e. The molecule has 0 aromatic heterocycles. The highest BCUT2D eigenvalue weighted by Gasteiger charge is 2.29. The Balaban J connectivity index is 1.78. The summed E-state index contributed by atoms with van der Waals surface area (Å²) >= 11 is 0. The molecule has 16 heavy (non-hydrogen) atoms. The van der Waals surface area contributed by atoms with E-state index >= 15 is 0 Å². The van der Waals surface area contributed by atoms with Crippen LogP contribution in [-0.2, 0) is 9.47 Å². The van der Waals surface area contributed by atoms with Gasteiger partial charge in [0, 0.05) is 5.92 Å². The van der Waals surface area contributed by atoms with E-state index < -0.39 is 6.08 Å². The molecule has 1 saturated heterocycles. The molecule has 1 aliphatic heterocycles. The van der Waals surface area contributed by atoms with E-state index in [-0.39, 0.29) is 12.2 Å². The summed E-state index contributed by atoms with van der Waals surface area (Å²) in [6.07, 6.45) is 3.93. The molecule has 0 atom stereocenters. The predicted molar refractivity (Wildman–Crippen MR) is 56.1 cm³/mol. The third kappa shape index (κ3) is 3.25. The monoisotopic (exact) mass is 232 g/mol. The average Bonchev–Trinajstić information content (AvgIpc) is 2.30. The lowest BCUT2D eigenvalue weighted by molar-refractivity contribution is -0.210. The fraction of sp³-hybridized carbons (Fsp3) is 0.833. The van der Waals surface area contributed by atoms with Gasteiger partial charge in [0.05, 0.1) is 13.2 Å². The van der Waals surface area contributed by atoms with Crippen molar-refractivity contribution < 1.29 is 18.3 Å². The van der Waals surface area contributed by atoms with Gasteiger partial charge in [0.2, 0.25) is 0 Å². The van der Waals surface area contributed by atoms with E-state index in [4.69, 9.17) is 9.47 Å². The first-order valence-corrected chi connectivity index (χ1v) is 6.02. The quantitative estimate of drug-likeness (QED) is 0.727. The van der Waals surface area contributed by atoms with Gasteiger partial charge in [-0.05, 0) is 44.1 Å². The third-order valence-electron chi connectivity index (χ3n) is 3.42. The summed E-state index contributed by atoms with van der Waals surface area (Å²) < 4.78 is 35.3. The minimum atomic E-state index is -1.55. The lowest BCUT2D eigenvalue weighted by atomic mass is 9.81. The van der Waals surface area contributed by atoms with Crippen LogP contribution in [-0.4, -0.2) is 19.5 Å². The highest BCUT2D eigenvalue weighted by atomic mass is 19.3. The largest absolute Gasteiger partial charge is 0.352 e. The van der Waals surface area contributed by atoms with Gasteiger partial charge in [-0.2, -0.15) is 8.78 Å². The van der Waals surface area contributed by atoms with Gasteiger partial charge in [0.15, 0.2) is 6.29 Å². The second-order valence-electron chi connectivity index (χ2n) is 4.59. The predicted octanol–water partition coefficient (Wildman–Crippen LogP) is 3.34. The summed E-state index contributed by atoms with van der Waals surface area (Å²) in [4.78, 5) is 0. The number of rotatable bonds is 2. The van der Waals surface area contributed by atoms with E-state index in [0.717, 1.165) is 51.4 Å². The fourth-order valence-electron chi connectivity index (χ4n) is 2.54. The van der Waals surface area contributed by atoms with Crippen LogP contribution >= 0.6 is 0 Å². The van der Waals surface area contributed by atoms with E-state index in [1.165, 1.54) is 0 Å². The molecule has 0 spiro atoms. The van der Waals surface area contributed by atoms with Crippen LogP contribution in [0.4, 0.5) is 8.78 Å². The molecule has 2 fully saturated rings. The molecule has 2 rings (SSSR count). The molecular weight excluding hydrogens is 214 g/mol. The Bertz CT molecular complexity index is 237. The van der Waals surface area contributed by atoms with Crippen molar-refractivity contribution >= 4 is 0 Å². The molecule has 0 aromatic carbocycles. The van der Waals surface area contributed by atoms with E-state index in [1.807, 2.05) is 0 Å². The van der Waals surface area contributed by atoms with Crippen molar-refractivity contribution in [3.05, 3.63) is 12.2 Å². The second-order valence-corrected chi connectivity index (χ2v) is 4.59. The van der Waals surface area contributed by atoms with Gasteiger partial charge in [-0.3, -0.25) is 0 Å². The van der Waals surface area contributed by atoms with Gasteiger partial charge >= 0.3 is 0 Å². The summed E-state index contributed by atoms with van der Waals surface area (Å²) in [5, 5.41) is 0. The van der Waals surface area contributed by atoms with Gasteiger partial charge in [-0.15, -0.1) is 0 Å². The molecule has 2 aliphatic rings. The standard InChI is InChI=1S/C12H18F2O2/c13-11(14)8-9-2-4-10(5-3-9)12-15-6-1-7-16-12/h8-10,12H,1-7H2. The molecule has 0 unspecified atom stereocenters. The maximum absolute atomic E-state index is 12.1. The second kappa shape index (κ2) is 5.73. The zero-order valence-electron chi connectivity index (χ0n) is 9.33. The molecule has 1 aliphatic carbocycles. The van der Waals surface area contributed by atoms with Gasteiger partial charge in [-0.1, -0.05) is 0 Å². The molecule has 2 nitrogen and oxygen atoms in total. The normalized spacial score (nSPS) is 32.4. The molecule has 0 N–H and O–H groups in total. The maximum atomic E-state index is 12.1. The van der Waals surface area contributed by atoms with Gasteiger partial charge in [0.1, 0.15) is 0 Å². The topological polar surface area (TPSA) is 18.5 Å². The molecule has 4 heteroatoms. The summed E-state index contributed by atoms with van der Waals surface area (Å²) in [5.74, 6) is 0.442. The van der Waals surface area contributed by atoms with Crippen LogP contribution in [0.2, 0.25) is 0 Å². The Morgan fingerprint density at radius 2 is 1.62 bits per heavy atom. The van der Waals surface area contributed by atoms with Crippen molar-refractivity contribution in [1.29, 1.82) is 0 Å². The molecule has 0 bridgehead atoms. The summed E-state index contributed by atoms with van der Waals surface area (Å²) in [5.41, 5.74) is 0. The van der Waals surface area contributed by atoms with Gasteiger partial charge in [-0.25, -0.2) is 0 Å². The van der Waals surface area contributed by atoms with E-state index in [9.17, 15) is 8.78 Å². The first-order chi connectivity index (χ1) is 7.75. The van der Waals surface area contributed by atoms with Gasteiger partial charge < -0.3 is 9.47 Å². The van der Waals surface area contributed by atoms with Gasteiger partial charge in [0.25, 0.3) is 6.08 Å². The lowest BCUT2D eigenvalue weighted by Crippen LogP contribution is -2.34. The van der Waals surface area contributed by atoms with Crippen molar-refractivity contribution in [2.75, 3.05) is 13.2 Å². The summed E-state index contributed by atoms with van der Waals surface area (Å²) in [6, 6.07) is 0. The molecule has 0 aromatic rings. The van der Waals surface area contributed by atoms with E-state index in [0.29, 0.717) is 5.92 Å². The molecule has 92 valence electrons. The Labute approximate surface area is 94.6 Å². The smallest absolute Gasteiger partial charge is 0.266 e. The highest BCUT2D eigenvalue weighted by molar-refractivity contribution is 4.91. The summed E-state index contributed by atoms with van der Waals surface area (Å²) in [7, 11) is 0. The highest BCUT2D eigenvalue weighted by Crippen LogP contribution is 2.34. The Morgan fingerprint density at radius 3 is 2.19 bits per heavy atom. The Kier molecular flexibility index (Phi) is 4.29. The number of ether oxygens (including phenoxy) is 2. The van der Waals surface area contributed by atoms with Crippen LogP contribution in [0.5, 0.6) is 0 Å². The van der Waals surface area contributed by atoms with Crippen LogP contribution in [0.3, 0.4) is 0 Å². The van der Waals surface area contributed by atoms with Crippen molar-refractivity contribution in [1.82, 2.24) is 0 Å². The van der Waals surface area contributed by atoms with Crippen LogP contribution in [0, 0.1) is 11.8 Å². The van der Waals surface area contributed by atoms with Crippen LogP contribution in [0.1, 0.15) is 32.1 Å². The number of halogens is 2. The number of hydrogen-bond acceptors (Lipinski definition) is 2. The molecule has 1 heterocycles. The van der Waals surface area contributed by atoms with Crippen molar-refractivity contribution in [2.45, 2.75) is 38.4 Å². The van der Waals surface area contributed by atoms with Crippen LogP contribution in [0.15, 0.2) is 12.2 Å². The SMILES string of the molecule is FC(F)=CC1CCC(C2OCCCO2)CC1. The first kappa shape index (κ1) is 12.0. The Morgan fingerprint density at radius 1 is 1.00 bits per heavy atom. The molecule has 0 radical (unpaired) electrons. The first-order valence-electron chi connectivity index (χ1n) is 6.02. The van der Waals surface area contributed by atoms with E-state index in [1.54, 1.807) is 0 Å². The fourth-order valence-corrected chi connectivity index (χ4v) is 2.54. The van der Waals surface area contributed by atoms with Crippen LogP contribution < -0.4 is 0 Å². The molecular formula is C12H18F2O2. The van der Waals surface area contributed by atoms with Crippen molar-refractivity contribution in [3.8, 4) is 0 Å². The minimum absolute atomic E-state index is 0.0461. The Hall–Kier alpha value is -0.480. The maximum Gasteiger partial charge on any atom is 0.266 e. The zero-order valence-corrected chi connectivity index (χ0v) is 9.33. The zero-order chi connectivity index (χ0) is 11.4. The lowest BCUT2D eigenvalue weighted by Gasteiger charge is -2.34. The number of hydrogen-bond donors (Lipinski definition) is 0. The molecule has 0 amide bonds. The molecule has 1 saturated carbocycles. The van der Waals surface area contributed by atoms with Crippen molar-refractivity contribution in [2.24, 2.45) is 11.8 Å². The van der Waals surface area contributed by atoms with E-state index in [2.05, 4.69) is 0 Å². The van der Waals surface area contributed by atoms with Crippen molar-refractivity contribution in [3.63, 3.8) is 0 Å². The van der Waals surface area contributed by atoms with Crippen LogP contribution in [0.25, 0.3) is 0 Å². The average molecular weight is 232 g/mol.